The average molecular weight is 474 g/mol. The number of hydrogen-bond acceptors (Lipinski definition) is 5. The van der Waals surface area contributed by atoms with Gasteiger partial charge in [-0.05, 0) is 36.4 Å². The van der Waals surface area contributed by atoms with Crippen LogP contribution in [0.2, 0.25) is 0 Å². The Morgan fingerprint density at radius 2 is 1.60 bits per heavy atom. The first-order chi connectivity index (χ1) is 17.1. The van der Waals surface area contributed by atoms with Crippen LogP contribution in [-0.4, -0.2) is 50.0 Å². The van der Waals surface area contributed by atoms with Gasteiger partial charge in [0.25, 0.3) is 11.8 Å². The molecule has 0 aliphatic carbocycles. The number of fused-ring (bicyclic) bond motifs is 1. The summed E-state index contributed by atoms with van der Waals surface area (Å²) in [5.74, 6) is -0.535. The Bertz CT molecular complexity index is 1390. The molecule has 0 bridgehead atoms. The Labute approximate surface area is 201 Å². The second-order valence-corrected chi connectivity index (χ2v) is 8.19. The molecule has 0 atom stereocenters. The number of hydrogen-bond donors (Lipinski definition) is 1. The number of anilines is 2. The van der Waals surface area contributed by atoms with Gasteiger partial charge in [0.15, 0.2) is 0 Å². The lowest BCUT2D eigenvalue weighted by Gasteiger charge is -2.35. The van der Waals surface area contributed by atoms with Crippen LogP contribution in [0.3, 0.4) is 0 Å². The van der Waals surface area contributed by atoms with E-state index in [4.69, 9.17) is 9.15 Å². The van der Waals surface area contributed by atoms with Crippen molar-refractivity contribution in [2.75, 3.05) is 43.5 Å². The lowest BCUT2D eigenvalue weighted by molar-refractivity contribution is 0.0718. The summed E-state index contributed by atoms with van der Waals surface area (Å²) in [5, 5.41) is 3.50. The Morgan fingerprint density at radius 3 is 2.37 bits per heavy atom. The van der Waals surface area contributed by atoms with E-state index < -0.39 is 5.91 Å². The van der Waals surface area contributed by atoms with Gasteiger partial charge in [0, 0.05) is 31.6 Å². The third kappa shape index (κ3) is 4.30. The number of rotatable bonds is 5. The number of halogens is 1. The summed E-state index contributed by atoms with van der Waals surface area (Å²) in [6.07, 6.45) is 0. The van der Waals surface area contributed by atoms with E-state index in [2.05, 4.69) is 5.32 Å². The highest BCUT2D eigenvalue weighted by atomic mass is 19.1. The second kappa shape index (κ2) is 9.50. The van der Waals surface area contributed by atoms with Crippen molar-refractivity contribution in [2.45, 2.75) is 0 Å². The van der Waals surface area contributed by atoms with Gasteiger partial charge in [-0.2, -0.15) is 0 Å². The predicted octanol–water partition coefficient (Wildman–Crippen LogP) is 4.80. The molecule has 4 aromatic rings. The number of nitrogens with one attached hydrogen (secondary N) is 1. The molecule has 2 heterocycles. The largest absolute Gasteiger partial charge is 0.496 e. The summed E-state index contributed by atoms with van der Waals surface area (Å²) in [6.45, 7) is 1.75. The zero-order valence-electron chi connectivity index (χ0n) is 19.2. The number of amides is 2. The summed E-state index contributed by atoms with van der Waals surface area (Å²) in [7, 11) is 1.50. The van der Waals surface area contributed by atoms with Crippen molar-refractivity contribution in [2.24, 2.45) is 0 Å². The number of para-hydroxylation sites is 3. The second-order valence-electron chi connectivity index (χ2n) is 8.19. The lowest BCUT2D eigenvalue weighted by atomic mass is 10.1. The molecule has 1 fully saturated rings. The summed E-state index contributed by atoms with van der Waals surface area (Å²) in [5.41, 5.74) is 1.68. The number of benzene rings is 3. The minimum atomic E-state index is -0.410. The molecular formula is C27H24FN3O4. The molecule has 1 N–H and O–H groups in total. The van der Waals surface area contributed by atoms with Crippen LogP contribution in [-0.2, 0) is 0 Å². The Kier molecular flexibility index (Phi) is 6.10. The van der Waals surface area contributed by atoms with Crippen LogP contribution in [0.1, 0.15) is 20.9 Å². The molecule has 0 radical (unpaired) electrons. The fraction of sp³-hybridized carbons (Fsp3) is 0.185. The van der Waals surface area contributed by atoms with Gasteiger partial charge in [0.2, 0.25) is 5.76 Å². The number of furan rings is 1. The molecule has 178 valence electrons. The van der Waals surface area contributed by atoms with Crippen molar-refractivity contribution in [1.82, 2.24) is 4.90 Å². The van der Waals surface area contributed by atoms with Gasteiger partial charge >= 0.3 is 0 Å². The van der Waals surface area contributed by atoms with E-state index in [9.17, 15) is 14.0 Å². The molecule has 8 heteroatoms. The molecule has 3 aromatic carbocycles. The molecule has 0 saturated carbocycles. The molecule has 35 heavy (non-hydrogen) atoms. The minimum absolute atomic E-state index is 0.0637. The molecule has 0 spiro atoms. The maximum Gasteiger partial charge on any atom is 0.291 e. The molecule has 7 nitrogen and oxygen atoms in total. The Balaban J connectivity index is 1.41. The van der Waals surface area contributed by atoms with Crippen molar-refractivity contribution in [1.29, 1.82) is 0 Å². The zero-order valence-corrected chi connectivity index (χ0v) is 19.2. The summed E-state index contributed by atoms with van der Waals surface area (Å²) >= 11 is 0. The van der Waals surface area contributed by atoms with E-state index in [1.807, 2.05) is 11.0 Å². The first-order valence-electron chi connectivity index (χ1n) is 11.3. The van der Waals surface area contributed by atoms with Gasteiger partial charge in [-0.25, -0.2) is 4.39 Å². The standard InChI is InChI=1S/C27H24FN3O4/c1-34-22-12-6-3-9-19(22)26(32)29-24-18-8-2-7-13-23(18)35-25(24)27(33)31-16-14-30(15-17-31)21-11-5-4-10-20(21)28/h2-13H,14-17H2,1H3,(H,29,32). The number of ether oxygens (including phenoxy) is 1. The third-order valence-electron chi connectivity index (χ3n) is 6.14. The van der Waals surface area contributed by atoms with E-state index >= 15 is 0 Å². The molecule has 1 aliphatic rings. The van der Waals surface area contributed by atoms with Crippen molar-refractivity contribution in [3.05, 3.63) is 89.9 Å². The predicted molar refractivity (Wildman–Crippen MR) is 132 cm³/mol. The monoisotopic (exact) mass is 473 g/mol. The van der Waals surface area contributed by atoms with Crippen molar-refractivity contribution in [3.63, 3.8) is 0 Å². The highest BCUT2D eigenvalue weighted by molar-refractivity contribution is 6.15. The number of carbonyl (C=O) groups is 2. The summed E-state index contributed by atoms with van der Waals surface area (Å²) in [6, 6.07) is 20.6. The first-order valence-corrected chi connectivity index (χ1v) is 11.3. The van der Waals surface area contributed by atoms with Crippen LogP contribution >= 0.6 is 0 Å². The lowest BCUT2D eigenvalue weighted by Crippen LogP contribution is -2.49. The maximum absolute atomic E-state index is 14.2. The summed E-state index contributed by atoms with van der Waals surface area (Å²) in [4.78, 5) is 30.2. The van der Waals surface area contributed by atoms with E-state index in [1.54, 1.807) is 65.6 Å². The quantitative estimate of drug-likeness (QED) is 0.451. The van der Waals surface area contributed by atoms with Crippen molar-refractivity contribution >= 4 is 34.2 Å². The SMILES string of the molecule is COc1ccccc1C(=O)Nc1c(C(=O)N2CCN(c3ccccc3F)CC2)oc2ccccc12. The van der Waals surface area contributed by atoms with Gasteiger partial charge in [0.1, 0.15) is 22.8 Å². The molecule has 1 aromatic heterocycles. The van der Waals surface area contributed by atoms with Gasteiger partial charge in [-0.1, -0.05) is 36.4 Å². The van der Waals surface area contributed by atoms with Crippen molar-refractivity contribution < 1.29 is 23.1 Å². The smallest absolute Gasteiger partial charge is 0.291 e. The molecular weight excluding hydrogens is 449 g/mol. The highest BCUT2D eigenvalue weighted by Crippen LogP contribution is 2.33. The summed E-state index contributed by atoms with van der Waals surface area (Å²) < 4.78 is 25.4. The van der Waals surface area contributed by atoms with Gasteiger partial charge < -0.3 is 24.3 Å². The van der Waals surface area contributed by atoms with Gasteiger partial charge in [-0.3, -0.25) is 9.59 Å². The van der Waals surface area contributed by atoms with Crippen LogP contribution in [0.15, 0.2) is 77.2 Å². The number of piperazine rings is 1. The fourth-order valence-corrected chi connectivity index (χ4v) is 4.34. The molecule has 0 unspecified atom stereocenters. The molecule has 1 aliphatic heterocycles. The molecule has 2 amide bonds. The van der Waals surface area contributed by atoms with Gasteiger partial charge in [-0.15, -0.1) is 0 Å². The fourth-order valence-electron chi connectivity index (χ4n) is 4.34. The van der Waals surface area contributed by atoms with Crippen LogP contribution in [0.5, 0.6) is 5.75 Å². The normalized spacial score (nSPS) is 13.7. The molecule has 1 saturated heterocycles. The van der Waals surface area contributed by atoms with E-state index in [-0.39, 0.29) is 17.5 Å². The Morgan fingerprint density at radius 1 is 0.914 bits per heavy atom. The van der Waals surface area contributed by atoms with Crippen LogP contribution in [0.4, 0.5) is 15.8 Å². The Hall–Kier alpha value is -4.33. The third-order valence-corrected chi connectivity index (χ3v) is 6.14. The minimum Gasteiger partial charge on any atom is -0.496 e. The van der Waals surface area contributed by atoms with Gasteiger partial charge in [0.05, 0.1) is 18.4 Å². The van der Waals surface area contributed by atoms with Crippen LogP contribution in [0.25, 0.3) is 11.0 Å². The van der Waals surface area contributed by atoms with Crippen LogP contribution in [0, 0.1) is 5.82 Å². The average Bonchev–Trinajstić information content (AvgIpc) is 3.27. The number of methoxy groups -OCH3 is 1. The van der Waals surface area contributed by atoms with E-state index in [0.29, 0.717) is 59.8 Å². The van der Waals surface area contributed by atoms with Crippen LogP contribution < -0.4 is 15.0 Å². The zero-order chi connectivity index (χ0) is 24.4. The van der Waals surface area contributed by atoms with E-state index in [0.717, 1.165) is 0 Å². The van der Waals surface area contributed by atoms with E-state index in [1.165, 1.54) is 13.2 Å². The molecule has 5 rings (SSSR count). The maximum atomic E-state index is 14.2. The number of nitrogens with zero attached hydrogens (tertiary/aromatic N) is 2. The topological polar surface area (TPSA) is 75.0 Å². The first kappa shape index (κ1) is 22.5. The van der Waals surface area contributed by atoms with Crippen molar-refractivity contribution in [3.8, 4) is 5.75 Å². The number of carbonyl (C=O) groups excluding carboxylic acids is 2. The highest BCUT2D eigenvalue weighted by Gasteiger charge is 2.30.